The molecule has 5 nitrogen and oxygen atoms in total. The first-order chi connectivity index (χ1) is 10.6. The van der Waals surface area contributed by atoms with Crippen LogP contribution in [-0.4, -0.2) is 28.8 Å². The molecule has 2 amide bonds. The number of carbonyl (C=O) groups excluding carboxylic acids is 1. The van der Waals surface area contributed by atoms with Gasteiger partial charge in [-0.15, -0.1) is 11.3 Å². The van der Waals surface area contributed by atoms with Gasteiger partial charge in [0.25, 0.3) is 0 Å². The van der Waals surface area contributed by atoms with E-state index in [-0.39, 0.29) is 12.1 Å². The molecule has 0 radical (unpaired) electrons. The minimum atomic E-state index is -0.360. The predicted molar refractivity (Wildman–Crippen MR) is 90.2 cm³/mol. The standard InChI is InChI=1S/C16H21N3O2S/c1-3-14(20)8-9-17-16(21)19-13-6-4-12(5-7-13)15-10-22-11(2)18-15/h4-7,10,14,20H,3,8-9H2,1-2H3,(H2,17,19,21). The second-order valence-electron chi connectivity index (χ2n) is 5.06. The van der Waals surface area contributed by atoms with Crippen molar-refractivity contribution in [2.75, 3.05) is 11.9 Å². The molecule has 0 spiro atoms. The summed E-state index contributed by atoms with van der Waals surface area (Å²) in [5.41, 5.74) is 2.71. The minimum Gasteiger partial charge on any atom is -0.393 e. The lowest BCUT2D eigenvalue weighted by atomic mass is 10.1. The third kappa shape index (κ3) is 4.82. The van der Waals surface area contributed by atoms with E-state index < -0.39 is 0 Å². The topological polar surface area (TPSA) is 74.2 Å². The number of hydrogen-bond donors (Lipinski definition) is 3. The summed E-state index contributed by atoms with van der Waals surface area (Å²) in [5, 5.41) is 18.0. The van der Waals surface area contributed by atoms with Crippen LogP contribution < -0.4 is 10.6 Å². The molecule has 0 aliphatic rings. The Morgan fingerprint density at radius 1 is 1.36 bits per heavy atom. The zero-order valence-corrected chi connectivity index (χ0v) is 13.6. The Morgan fingerprint density at radius 2 is 2.09 bits per heavy atom. The van der Waals surface area contributed by atoms with Gasteiger partial charge in [0, 0.05) is 23.2 Å². The van der Waals surface area contributed by atoms with Crippen molar-refractivity contribution >= 4 is 23.1 Å². The fraction of sp³-hybridized carbons (Fsp3) is 0.375. The highest BCUT2D eigenvalue weighted by Gasteiger charge is 2.05. The largest absolute Gasteiger partial charge is 0.393 e. The maximum Gasteiger partial charge on any atom is 0.319 e. The van der Waals surface area contributed by atoms with Gasteiger partial charge < -0.3 is 15.7 Å². The van der Waals surface area contributed by atoms with Crippen LogP contribution in [0.25, 0.3) is 11.3 Å². The number of anilines is 1. The molecular formula is C16H21N3O2S. The molecule has 2 rings (SSSR count). The lowest BCUT2D eigenvalue weighted by Gasteiger charge is -2.10. The summed E-state index contributed by atoms with van der Waals surface area (Å²) in [7, 11) is 0. The van der Waals surface area contributed by atoms with Gasteiger partial charge in [-0.2, -0.15) is 0 Å². The van der Waals surface area contributed by atoms with Gasteiger partial charge in [0.15, 0.2) is 0 Å². The number of urea groups is 1. The molecular weight excluding hydrogens is 298 g/mol. The van der Waals surface area contributed by atoms with Crippen LogP contribution in [0.4, 0.5) is 10.5 Å². The molecule has 0 aliphatic carbocycles. The van der Waals surface area contributed by atoms with Gasteiger partial charge in [-0.05, 0) is 31.9 Å². The Morgan fingerprint density at radius 3 is 2.68 bits per heavy atom. The van der Waals surface area contributed by atoms with Gasteiger partial charge in [-0.25, -0.2) is 9.78 Å². The van der Waals surface area contributed by atoms with Gasteiger partial charge in [0.05, 0.1) is 16.8 Å². The zero-order chi connectivity index (χ0) is 15.9. The zero-order valence-electron chi connectivity index (χ0n) is 12.8. The quantitative estimate of drug-likeness (QED) is 0.764. The van der Waals surface area contributed by atoms with Crippen LogP contribution >= 0.6 is 11.3 Å². The molecule has 1 aromatic carbocycles. The number of hydrogen-bond acceptors (Lipinski definition) is 4. The van der Waals surface area contributed by atoms with Crippen molar-refractivity contribution in [1.82, 2.24) is 10.3 Å². The summed E-state index contributed by atoms with van der Waals surface area (Å²) in [4.78, 5) is 16.2. The van der Waals surface area contributed by atoms with Crippen molar-refractivity contribution in [3.63, 3.8) is 0 Å². The fourth-order valence-corrected chi connectivity index (χ4v) is 2.57. The molecule has 118 valence electrons. The molecule has 0 aliphatic heterocycles. The van der Waals surface area contributed by atoms with Crippen molar-refractivity contribution < 1.29 is 9.90 Å². The van der Waals surface area contributed by atoms with Crippen LogP contribution in [0.15, 0.2) is 29.6 Å². The van der Waals surface area contributed by atoms with Crippen LogP contribution in [0.1, 0.15) is 24.8 Å². The summed E-state index contributed by atoms with van der Waals surface area (Å²) in [6.07, 6.45) is 0.897. The first kappa shape index (κ1) is 16.5. The SMILES string of the molecule is CCC(O)CCNC(=O)Nc1ccc(-c2csc(C)n2)cc1. The molecule has 0 bridgehead atoms. The normalized spacial score (nSPS) is 12.0. The maximum atomic E-state index is 11.7. The lowest BCUT2D eigenvalue weighted by molar-refractivity contribution is 0.160. The Labute approximate surface area is 134 Å². The number of nitrogens with zero attached hydrogens (tertiary/aromatic N) is 1. The van der Waals surface area contributed by atoms with E-state index in [4.69, 9.17) is 0 Å². The second kappa shape index (κ2) is 7.91. The number of rotatable bonds is 6. The molecule has 0 fully saturated rings. The van der Waals surface area contributed by atoms with Crippen LogP contribution in [-0.2, 0) is 0 Å². The minimum absolute atomic E-state index is 0.263. The Bertz CT molecular complexity index is 610. The number of aliphatic hydroxyl groups excluding tert-OH is 1. The van der Waals surface area contributed by atoms with Gasteiger partial charge in [0.1, 0.15) is 0 Å². The number of carbonyl (C=O) groups is 1. The third-order valence-corrected chi connectivity index (χ3v) is 4.07. The number of thiazole rings is 1. The summed E-state index contributed by atoms with van der Waals surface area (Å²) < 4.78 is 0. The van der Waals surface area contributed by atoms with Crippen LogP contribution in [0.3, 0.4) is 0 Å². The third-order valence-electron chi connectivity index (χ3n) is 3.29. The molecule has 1 heterocycles. The van der Waals surface area contributed by atoms with E-state index in [2.05, 4.69) is 15.6 Å². The Balaban J connectivity index is 1.84. The summed E-state index contributed by atoms with van der Waals surface area (Å²) >= 11 is 1.62. The van der Waals surface area contributed by atoms with Crippen molar-refractivity contribution in [3.05, 3.63) is 34.7 Å². The maximum absolute atomic E-state index is 11.7. The molecule has 6 heteroatoms. The van der Waals surface area contributed by atoms with Gasteiger partial charge in [-0.3, -0.25) is 0 Å². The highest BCUT2D eigenvalue weighted by Crippen LogP contribution is 2.22. The van der Waals surface area contributed by atoms with Crippen molar-refractivity contribution in [2.24, 2.45) is 0 Å². The molecule has 0 saturated carbocycles. The van der Waals surface area contributed by atoms with Gasteiger partial charge in [0.2, 0.25) is 0 Å². The van der Waals surface area contributed by atoms with Crippen molar-refractivity contribution in [2.45, 2.75) is 32.8 Å². The van der Waals surface area contributed by atoms with Crippen molar-refractivity contribution in [1.29, 1.82) is 0 Å². The first-order valence-corrected chi connectivity index (χ1v) is 8.22. The number of aliphatic hydroxyl groups is 1. The fourth-order valence-electron chi connectivity index (χ4n) is 1.95. The first-order valence-electron chi connectivity index (χ1n) is 7.34. The number of nitrogens with one attached hydrogen (secondary N) is 2. The van der Waals surface area contributed by atoms with E-state index in [0.717, 1.165) is 22.0 Å². The summed E-state index contributed by atoms with van der Waals surface area (Å²) in [6.45, 7) is 4.34. The number of benzene rings is 1. The highest BCUT2D eigenvalue weighted by atomic mass is 32.1. The number of aromatic nitrogens is 1. The lowest BCUT2D eigenvalue weighted by Crippen LogP contribution is -2.31. The molecule has 2 aromatic rings. The number of amides is 2. The van der Waals surface area contributed by atoms with Gasteiger partial charge >= 0.3 is 6.03 Å². The predicted octanol–water partition coefficient (Wildman–Crippen LogP) is 3.40. The smallest absolute Gasteiger partial charge is 0.319 e. The van der Waals surface area contributed by atoms with E-state index >= 15 is 0 Å². The molecule has 22 heavy (non-hydrogen) atoms. The van der Waals surface area contributed by atoms with E-state index in [9.17, 15) is 9.90 Å². The molecule has 0 saturated heterocycles. The number of aryl methyl sites for hydroxylation is 1. The highest BCUT2D eigenvalue weighted by molar-refractivity contribution is 7.09. The monoisotopic (exact) mass is 319 g/mol. The van der Waals surface area contributed by atoms with Crippen molar-refractivity contribution in [3.8, 4) is 11.3 Å². The molecule has 1 unspecified atom stereocenters. The molecule has 1 atom stereocenters. The van der Waals surface area contributed by atoms with Crippen LogP contribution in [0, 0.1) is 6.92 Å². The van der Waals surface area contributed by atoms with Crippen LogP contribution in [0.5, 0.6) is 0 Å². The average molecular weight is 319 g/mol. The Kier molecular flexibility index (Phi) is 5.91. The molecule has 3 N–H and O–H groups in total. The van der Waals surface area contributed by atoms with E-state index in [1.54, 1.807) is 11.3 Å². The van der Waals surface area contributed by atoms with Crippen LogP contribution in [0.2, 0.25) is 0 Å². The van der Waals surface area contributed by atoms with E-state index in [0.29, 0.717) is 19.4 Å². The summed E-state index contributed by atoms with van der Waals surface area (Å²) in [6, 6.07) is 7.31. The van der Waals surface area contributed by atoms with E-state index in [1.807, 2.05) is 43.5 Å². The average Bonchev–Trinajstić information content (AvgIpc) is 2.94. The molecule has 1 aromatic heterocycles. The van der Waals surface area contributed by atoms with Gasteiger partial charge in [-0.1, -0.05) is 19.1 Å². The summed E-state index contributed by atoms with van der Waals surface area (Å²) in [5.74, 6) is 0. The van der Waals surface area contributed by atoms with E-state index in [1.165, 1.54) is 0 Å². The Hall–Kier alpha value is -1.92. The second-order valence-corrected chi connectivity index (χ2v) is 6.12.